The molecule has 1 saturated heterocycles. The quantitative estimate of drug-likeness (QED) is 0.425. The van der Waals surface area contributed by atoms with E-state index in [1.54, 1.807) is 53.4 Å². The van der Waals surface area contributed by atoms with Gasteiger partial charge in [-0.1, -0.05) is 18.2 Å². The number of imide groups is 1. The minimum Gasteiger partial charge on any atom is -0.452 e. The zero-order valence-electron chi connectivity index (χ0n) is 19.1. The van der Waals surface area contributed by atoms with Gasteiger partial charge < -0.3 is 15.0 Å². The van der Waals surface area contributed by atoms with E-state index in [2.05, 4.69) is 5.32 Å². The molecule has 0 saturated carbocycles. The summed E-state index contributed by atoms with van der Waals surface area (Å²) in [6, 6.07) is 19.3. The second-order valence-corrected chi connectivity index (χ2v) is 8.36. The summed E-state index contributed by atoms with van der Waals surface area (Å²) in [5, 5.41) is 2.66. The SMILES string of the molecule is O=C(COC(=O)c1ccc(N2C(=O)c3ccccc3C2=O)cc1)Nc1cccc(N2CCCC2=O)c1. The number of rotatable bonds is 6. The Morgan fingerprint density at radius 2 is 1.53 bits per heavy atom. The van der Waals surface area contributed by atoms with E-state index in [4.69, 9.17) is 4.74 Å². The highest BCUT2D eigenvalue weighted by Crippen LogP contribution is 2.28. The Kier molecular flexibility index (Phi) is 6.03. The fraction of sp³-hybridized carbons (Fsp3) is 0.148. The molecule has 0 unspecified atom stereocenters. The predicted molar refractivity (Wildman–Crippen MR) is 131 cm³/mol. The summed E-state index contributed by atoms with van der Waals surface area (Å²) in [5.74, 6) is -2.07. The van der Waals surface area contributed by atoms with Crippen molar-refractivity contribution in [3.05, 3.63) is 89.5 Å². The largest absolute Gasteiger partial charge is 0.452 e. The van der Waals surface area contributed by atoms with Crippen molar-refractivity contribution in [3.63, 3.8) is 0 Å². The maximum atomic E-state index is 12.6. The molecule has 3 aromatic carbocycles. The van der Waals surface area contributed by atoms with Crippen LogP contribution in [-0.2, 0) is 14.3 Å². The average molecular weight is 483 g/mol. The van der Waals surface area contributed by atoms with Gasteiger partial charge in [-0.3, -0.25) is 19.2 Å². The molecule has 0 aliphatic carbocycles. The third-order valence-corrected chi connectivity index (χ3v) is 6.00. The van der Waals surface area contributed by atoms with Gasteiger partial charge in [0.25, 0.3) is 17.7 Å². The van der Waals surface area contributed by atoms with E-state index in [0.29, 0.717) is 41.2 Å². The Morgan fingerprint density at radius 3 is 2.17 bits per heavy atom. The fourth-order valence-electron chi connectivity index (χ4n) is 4.25. The number of fused-ring (bicyclic) bond motifs is 1. The molecule has 9 heteroatoms. The van der Waals surface area contributed by atoms with Gasteiger partial charge in [0.15, 0.2) is 6.61 Å². The summed E-state index contributed by atoms with van der Waals surface area (Å²) in [6.07, 6.45) is 1.30. The highest BCUT2D eigenvalue weighted by atomic mass is 16.5. The van der Waals surface area contributed by atoms with Crippen LogP contribution in [0.15, 0.2) is 72.8 Å². The van der Waals surface area contributed by atoms with Gasteiger partial charge in [-0.25, -0.2) is 9.69 Å². The standard InChI is InChI=1S/C27H21N3O6/c31-23(28-18-5-3-6-20(15-18)29-14-4-9-24(29)32)16-36-27(35)17-10-12-19(13-11-17)30-25(33)21-7-1-2-8-22(21)26(30)34/h1-3,5-8,10-13,15H,4,9,14,16H2,(H,28,31). The number of amides is 4. The van der Waals surface area contributed by atoms with Crippen LogP contribution in [0.25, 0.3) is 0 Å². The minimum absolute atomic E-state index is 0.0430. The third kappa shape index (κ3) is 4.34. The number of hydrogen-bond acceptors (Lipinski definition) is 6. The third-order valence-electron chi connectivity index (χ3n) is 6.00. The molecular formula is C27H21N3O6. The molecule has 0 radical (unpaired) electrons. The van der Waals surface area contributed by atoms with Gasteiger partial charge in [-0.05, 0) is 61.0 Å². The van der Waals surface area contributed by atoms with E-state index in [1.165, 1.54) is 24.3 Å². The first-order chi connectivity index (χ1) is 17.4. The van der Waals surface area contributed by atoms with Gasteiger partial charge in [0.2, 0.25) is 5.91 Å². The van der Waals surface area contributed by atoms with E-state index in [-0.39, 0.29) is 11.5 Å². The summed E-state index contributed by atoms with van der Waals surface area (Å²) in [4.78, 5) is 64.6. The molecule has 2 aliphatic heterocycles. The number of hydrogen-bond donors (Lipinski definition) is 1. The van der Waals surface area contributed by atoms with Crippen LogP contribution in [0, 0.1) is 0 Å². The number of nitrogens with one attached hydrogen (secondary N) is 1. The molecule has 3 aromatic rings. The molecular weight excluding hydrogens is 462 g/mol. The molecule has 4 amide bonds. The lowest BCUT2D eigenvalue weighted by Crippen LogP contribution is -2.29. The van der Waals surface area contributed by atoms with E-state index in [0.717, 1.165) is 11.3 Å². The molecule has 180 valence electrons. The lowest BCUT2D eigenvalue weighted by Gasteiger charge is -2.16. The second kappa shape index (κ2) is 9.46. The molecule has 0 bridgehead atoms. The van der Waals surface area contributed by atoms with Gasteiger partial charge in [0.05, 0.1) is 22.4 Å². The van der Waals surface area contributed by atoms with Crippen LogP contribution in [0.2, 0.25) is 0 Å². The summed E-state index contributed by atoms with van der Waals surface area (Å²) in [6.45, 7) is 0.130. The van der Waals surface area contributed by atoms with Crippen LogP contribution < -0.4 is 15.1 Å². The minimum atomic E-state index is -0.726. The van der Waals surface area contributed by atoms with E-state index >= 15 is 0 Å². The Hall–Kier alpha value is -4.79. The zero-order chi connectivity index (χ0) is 25.2. The van der Waals surface area contributed by atoms with Crippen molar-refractivity contribution in [2.45, 2.75) is 12.8 Å². The van der Waals surface area contributed by atoms with Crippen molar-refractivity contribution in [2.75, 3.05) is 28.3 Å². The van der Waals surface area contributed by atoms with Crippen LogP contribution in [0.5, 0.6) is 0 Å². The fourth-order valence-corrected chi connectivity index (χ4v) is 4.25. The molecule has 1 fully saturated rings. The molecule has 5 rings (SSSR count). The molecule has 9 nitrogen and oxygen atoms in total. The van der Waals surface area contributed by atoms with Gasteiger partial charge in [0.1, 0.15) is 0 Å². The highest BCUT2D eigenvalue weighted by molar-refractivity contribution is 6.34. The molecule has 0 spiro atoms. The Bertz CT molecular complexity index is 1360. The molecule has 36 heavy (non-hydrogen) atoms. The monoisotopic (exact) mass is 483 g/mol. The number of carbonyl (C=O) groups excluding carboxylic acids is 5. The van der Waals surface area contributed by atoms with E-state index in [9.17, 15) is 24.0 Å². The smallest absolute Gasteiger partial charge is 0.338 e. The normalized spacial score (nSPS) is 14.7. The van der Waals surface area contributed by atoms with Gasteiger partial charge >= 0.3 is 5.97 Å². The Morgan fingerprint density at radius 1 is 0.833 bits per heavy atom. The Labute approximate surface area is 206 Å². The summed E-state index contributed by atoms with van der Waals surface area (Å²) >= 11 is 0. The Balaban J connectivity index is 1.18. The van der Waals surface area contributed by atoms with Crippen molar-refractivity contribution in [1.82, 2.24) is 0 Å². The van der Waals surface area contributed by atoms with Crippen molar-refractivity contribution < 1.29 is 28.7 Å². The van der Waals surface area contributed by atoms with Crippen LogP contribution in [0.1, 0.15) is 43.9 Å². The van der Waals surface area contributed by atoms with Crippen LogP contribution in [0.3, 0.4) is 0 Å². The van der Waals surface area contributed by atoms with Crippen LogP contribution in [-0.4, -0.2) is 42.7 Å². The number of anilines is 3. The first-order valence-corrected chi connectivity index (χ1v) is 11.4. The summed E-state index contributed by atoms with van der Waals surface area (Å²) in [7, 11) is 0. The van der Waals surface area contributed by atoms with Crippen LogP contribution >= 0.6 is 0 Å². The van der Waals surface area contributed by atoms with Crippen molar-refractivity contribution in [1.29, 1.82) is 0 Å². The molecule has 0 atom stereocenters. The van der Waals surface area contributed by atoms with E-state index in [1.807, 2.05) is 0 Å². The summed E-state index contributed by atoms with van der Waals surface area (Å²) in [5.41, 5.74) is 2.33. The lowest BCUT2D eigenvalue weighted by molar-refractivity contribution is -0.119. The summed E-state index contributed by atoms with van der Waals surface area (Å²) < 4.78 is 5.10. The first kappa shape index (κ1) is 23.0. The van der Waals surface area contributed by atoms with Crippen molar-refractivity contribution in [2.24, 2.45) is 0 Å². The molecule has 1 N–H and O–H groups in total. The van der Waals surface area contributed by atoms with E-state index < -0.39 is 30.3 Å². The number of esters is 1. The maximum Gasteiger partial charge on any atom is 0.338 e. The van der Waals surface area contributed by atoms with Gasteiger partial charge in [-0.15, -0.1) is 0 Å². The van der Waals surface area contributed by atoms with Crippen molar-refractivity contribution in [3.8, 4) is 0 Å². The molecule has 0 aromatic heterocycles. The average Bonchev–Trinajstić information content (AvgIpc) is 3.43. The molecule has 2 heterocycles. The van der Waals surface area contributed by atoms with Gasteiger partial charge in [0, 0.05) is 24.3 Å². The maximum absolute atomic E-state index is 12.6. The number of ether oxygens (including phenoxy) is 1. The number of benzene rings is 3. The lowest BCUT2D eigenvalue weighted by atomic mass is 10.1. The number of nitrogens with zero attached hydrogens (tertiary/aromatic N) is 2. The van der Waals surface area contributed by atoms with Crippen LogP contribution in [0.4, 0.5) is 17.1 Å². The highest BCUT2D eigenvalue weighted by Gasteiger charge is 2.36. The topological polar surface area (TPSA) is 113 Å². The first-order valence-electron chi connectivity index (χ1n) is 11.4. The predicted octanol–water partition coefficient (Wildman–Crippen LogP) is 3.41. The molecule has 2 aliphatic rings. The van der Waals surface area contributed by atoms with Crippen molar-refractivity contribution >= 4 is 46.7 Å². The zero-order valence-corrected chi connectivity index (χ0v) is 19.1. The van der Waals surface area contributed by atoms with Gasteiger partial charge in [-0.2, -0.15) is 0 Å². The second-order valence-electron chi connectivity index (χ2n) is 8.36. The number of carbonyl (C=O) groups is 5.